The normalized spacial score (nSPS) is 18.4. The summed E-state index contributed by atoms with van der Waals surface area (Å²) in [7, 11) is 0. The van der Waals surface area contributed by atoms with Crippen molar-refractivity contribution in [1.29, 1.82) is 0 Å². The molecule has 0 spiro atoms. The molecule has 0 radical (unpaired) electrons. The molecule has 2 aromatic carbocycles. The lowest BCUT2D eigenvalue weighted by Gasteiger charge is -2.35. The van der Waals surface area contributed by atoms with E-state index in [2.05, 4.69) is 36.1 Å². The molecule has 1 amide bonds. The molecular formula is C20H26N2O2. The van der Waals surface area contributed by atoms with Gasteiger partial charge in [0.25, 0.3) is 0 Å². The topological polar surface area (TPSA) is 55.6 Å². The molecule has 2 N–H and O–H groups in total. The highest BCUT2D eigenvalue weighted by Gasteiger charge is 2.38. The Kier molecular flexibility index (Phi) is 5.17. The summed E-state index contributed by atoms with van der Waals surface area (Å²) in [5.74, 6) is -0.227. The van der Waals surface area contributed by atoms with Crippen molar-refractivity contribution in [3.05, 3.63) is 48.0 Å². The van der Waals surface area contributed by atoms with E-state index in [1.54, 1.807) is 0 Å². The number of hydrogen-bond donors (Lipinski definition) is 1. The van der Waals surface area contributed by atoms with Gasteiger partial charge in [-0.2, -0.15) is 0 Å². The number of nitrogens with two attached hydrogens (primary N) is 1. The van der Waals surface area contributed by atoms with Crippen LogP contribution in [0, 0.1) is 0 Å². The first kappa shape index (κ1) is 16.9. The van der Waals surface area contributed by atoms with Gasteiger partial charge in [0.15, 0.2) is 0 Å². The summed E-state index contributed by atoms with van der Waals surface area (Å²) >= 11 is 0. The van der Waals surface area contributed by atoms with Crippen LogP contribution in [0.1, 0.15) is 25.3 Å². The molecular weight excluding hydrogens is 300 g/mol. The number of benzene rings is 2. The SMILES string of the molecule is CCC(CCN1CCOCC1)(C(N)=O)c1cccc2ccccc12. The molecule has 0 bridgehead atoms. The largest absolute Gasteiger partial charge is 0.379 e. The van der Waals surface area contributed by atoms with Gasteiger partial charge in [-0.1, -0.05) is 49.4 Å². The lowest BCUT2D eigenvalue weighted by Crippen LogP contribution is -2.45. The van der Waals surface area contributed by atoms with Crippen LogP contribution in [0.4, 0.5) is 0 Å². The molecule has 1 atom stereocenters. The second-order valence-electron chi connectivity index (χ2n) is 6.53. The second-order valence-corrected chi connectivity index (χ2v) is 6.53. The quantitative estimate of drug-likeness (QED) is 0.888. The lowest BCUT2D eigenvalue weighted by atomic mass is 9.73. The minimum Gasteiger partial charge on any atom is -0.379 e. The van der Waals surface area contributed by atoms with Crippen LogP contribution < -0.4 is 5.73 Å². The van der Waals surface area contributed by atoms with Gasteiger partial charge in [-0.25, -0.2) is 0 Å². The molecule has 4 nitrogen and oxygen atoms in total. The highest BCUT2D eigenvalue weighted by Crippen LogP contribution is 2.36. The molecule has 0 saturated carbocycles. The monoisotopic (exact) mass is 326 g/mol. The molecule has 3 rings (SSSR count). The number of rotatable bonds is 6. The van der Waals surface area contributed by atoms with E-state index in [1.807, 2.05) is 18.2 Å². The Bertz CT molecular complexity index is 704. The molecule has 4 heteroatoms. The zero-order chi connectivity index (χ0) is 17.0. The Morgan fingerprint density at radius 3 is 2.58 bits per heavy atom. The van der Waals surface area contributed by atoms with Crippen LogP contribution in [-0.2, 0) is 14.9 Å². The highest BCUT2D eigenvalue weighted by molar-refractivity contribution is 5.95. The van der Waals surface area contributed by atoms with Gasteiger partial charge in [0, 0.05) is 13.1 Å². The molecule has 1 aliphatic rings. The third-order valence-corrected chi connectivity index (χ3v) is 5.34. The van der Waals surface area contributed by atoms with Crippen molar-refractivity contribution in [2.45, 2.75) is 25.2 Å². The maximum absolute atomic E-state index is 12.5. The molecule has 1 saturated heterocycles. The van der Waals surface area contributed by atoms with E-state index < -0.39 is 5.41 Å². The van der Waals surface area contributed by atoms with Crippen molar-refractivity contribution >= 4 is 16.7 Å². The Morgan fingerprint density at radius 1 is 1.17 bits per heavy atom. The van der Waals surface area contributed by atoms with E-state index in [9.17, 15) is 4.79 Å². The molecule has 1 unspecified atom stereocenters. The molecule has 1 fully saturated rings. The fourth-order valence-electron chi connectivity index (χ4n) is 3.75. The van der Waals surface area contributed by atoms with E-state index >= 15 is 0 Å². The molecule has 24 heavy (non-hydrogen) atoms. The summed E-state index contributed by atoms with van der Waals surface area (Å²) in [6.07, 6.45) is 1.45. The van der Waals surface area contributed by atoms with Gasteiger partial charge in [-0.15, -0.1) is 0 Å². The van der Waals surface area contributed by atoms with E-state index in [1.165, 1.54) is 0 Å². The minimum absolute atomic E-state index is 0.227. The van der Waals surface area contributed by atoms with E-state index in [0.717, 1.165) is 55.6 Å². The average molecular weight is 326 g/mol. The van der Waals surface area contributed by atoms with E-state index in [4.69, 9.17) is 10.5 Å². The second kappa shape index (κ2) is 7.32. The number of carbonyl (C=O) groups is 1. The van der Waals surface area contributed by atoms with Crippen LogP contribution in [-0.4, -0.2) is 43.7 Å². The van der Waals surface area contributed by atoms with Gasteiger partial charge in [0.1, 0.15) is 0 Å². The molecule has 0 aliphatic carbocycles. The van der Waals surface area contributed by atoms with Crippen LogP contribution in [0.15, 0.2) is 42.5 Å². The molecule has 128 valence electrons. The van der Waals surface area contributed by atoms with Crippen molar-refractivity contribution in [2.24, 2.45) is 5.73 Å². The number of ether oxygens (including phenoxy) is 1. The smallest absolute Gasteiger partial charge is 0.228 e. The minimum atomic E-state index is -0.626. The van der Waals surface area contributed by atoms with E-state index in [-0.39, 0.29) is 5.91 Å². The van der Waals surface area contributed by atoms with Crippen LogP contribution in [0.3, 0.4) is 0 Å². The fraction of sp³-hybridized carbons (Fsp3) is 0.450. The number of hydrogen-bond acceptors (Lipinski definition) is 3. The van der Waals surface area contributed by atoms with Crippen LogP contribution >= 0.6 is 0 Å². The number of fused-ring (bicyclic) bond motifs is 1. The van der Waals surface area contributed by atoms with E-state index in [0.29, 0.717) is 6.42 Å². The number of morpholine rings is 1. The summed E-state index contributed by atoms with van der Waals surface area (Å²) in [4.78, 5) is 14.9. The first-order valence-corrected chi connectivity index (χ1v) is 8.75. The third-order valence-electron chi connectivity index (χ3n) is 5.34. The summed E-state index contributed by atoms with van der Waals surface area (Å²) in [5, 5.41) is 2.28. The number of carbonyl (C=O) groups excluding carboxylic acids is 1. The molecule has 2 aromatic rings. The Hall–Kier alpha value is -1.91. The maximum atomic E-state index is 12.5. The summed E-state index contributed by atoms with van der Waals surface area (Å²) in [6, 6.07) is 14.4. The zero-order valence-corrected chi connectivity index (χ0v) is 14.3. The van der Waals surface area contributed by atoms with Crippen molar-refractivity contribution in [3.63, 3.8) is 0 Å². The fourth-order valence-corrected chi connectivity index (χ4v) is 3.75. The van der Waals surface area contributed by atoms with Crippen LogP contribution in [0.5, 0.6) is 0 Å². The number of nitrogens with zero attached hydrogens (tertiary/aromatic N) is 1. The van der Waals surface area contributed by atoms with Gasteiger partial charge in [0.05, 0.1) is 18.6 Å². The lowest BCUT2D eigenvalue weighted by molar-refractivity contribution is -0.124. The predicted octanol–water partition coefficient (Wildman–Crippen LogP) is 2.70. The van der Waals surface area contributed by atoms with Crippen molar-refractivity contribution < 1.29 is 9.53 Å². The first-order chi connectivity index (χ1) is 11.7. The van der Waals surface area contributed by atoms with Crippen LogP contribution in [0.2, 0.25) is 0 Å². The third kappa shape index (κ3) is 3.17. The molecule has 0 aromatic heterocycles. The van der Waals surface area contributed by atoms with Crippen molar-refractivity contribution in [1.82, 2.24) is 4.90 Å². The van der Waals surface area contributed by atoms with Crippen molar-refractivity contribution in [2.75, 3.05) is 32.8 Å². The van der Waals surface area contributed by atoms with Gasteiger partial charge < -0.3 is 10.5 Å². The zero-order valence-electron chi connectivity index (χ0n) is 14.3. The van der Waals surface area contributed by atoms with Gasteiger partial charge >= 0.3 is 0 Å². The van der Waals surface area contributed by atoms with Gasteiger partial charge in [-0.05, 0) is 35.7 Å². The van der Waals surface area contributed by atoms with Gasteiger partial charge in [-0.3, -0.25) is 9.69 Å². The summed E-state index contributed by atoms with van der Waals surface area (Å²) in [5.41, 5.74) is 6.37. The Labute approximate surface area is 143 Å². The van der Waals surface area contributed by atoms with Crippen molar-refractivity contribution in [3.8, 4) is 0 Å². The number of amides is 1. The predicted molar refractivity (Wildman–Crippen MR) is 97.0 cm³/mol. The molecule has 1 aliphatic heterocycles. The van der Waals surface area contributed by atoms with Crippen LogP contribution in [0.25, 0.3) is 10.8 Å². The Morgan fingerprint density at radius 2 is 1.88 bits per heavy atom. The number of primary amides is 1. The maximum Gasteiger partial charge on any atom is 0.228 e. The Balaban J connectivity index is 1.96. The van der Waals surface area contributed by atoms with Gasteiger partial charge in [0.2, 0.25) is 5.91 Å². The average Bonchev–Trinajstić information content (AvgIpc) is 2.63. The highest BCUT2D eigenvalue weighted by atomic mass is 16.5. The summed E-state index contributed by atoms with van der Waals surface area (Å²) in [6.45, 7) is 6.31. The first-order valence-electron chi connectivity index (χ1n) is 8.75. The summed E-state index contributed by atoms with van der Waals surface area (Å²) < 4.78 is 5.41. The standard InChI is InChI=1S/C20H26N2O2/c1-2-20(19(21)23,10-11-22-12-14-24-15-13-22)18-9-5-7-16-6-3-4-8-17(16)18/h3-9H,2,10-15H2,1H3,(H2,21,23). The molecule has 1 heterocycles.